The second kappa shape index (κ2) is 4.89. The Morgan fingerprint density at radius 2 is 1.95 bits per heavy atom. The van der Waals surface area contributed by atoms with Gasteiger partial charge in [-0.05, 0) is 31.2 Å². The number of nitrogens with zero attached hydrogens (tertiary/aromatic N) is 1. The van der Waals surface area contributed by atoms with Crippen LogP contribution in [0.15, 0.2) is 23.0 Å². The smallest absolute Gasteiger partial charge is 0.323 e. The highest BCUT2D eigenvalue weighted by molar-refractivity contribution is 5.97. The first-order valence-electron chi connectivity index (χ1n) is 6.46. The summed E-state index contributed by atoms with van der Waals surface area (Å²) in [6.07, 6.45) is 0.967. The Bertz CT molecular complexity index is 650. The Hall–Kier alpha value is -2.08. The summed E-state index contributed by atoms with van der Waals surface area (Å²) < 4.78 is 0. The Morgan fingerprint density at radius 1 is 1.11 bits per heavy atom. The van der Waals surface area contributed by atoms with Gasteiger partial charge in [-0.1, -0.05) is 0 Å². The van der Waals surface area contributed by atoms with Crippen LogP contribution in [0, 0.1) is 0 Å². The number of hydrogen-bond acceptors (Lipinski definition) is 3. The molecule has 1 fully saturated rings. The second-order valence-corrected chi connectivity index (χ2v) is 4.74. The zero-order valence-corrected chi connectivity index (χ0v) is 10.5. The molecule has 1 amide bonds. The van der Waals surface area contributed by atoms with Crippen molar-refractivity contribution < 1.29 is 4.79 Å². The van der Waals surface area contributed by atoms with Gasteiger partial charge in [0, 0.05) is 25.2 Å². The molecule has 2 aromatic rings. The zero-order valence-electron chi connectivity index (χ0n) is 10.5. The third kappa shape index (κ3) is 2.39. The zero-order chi connectivity index (χ0) is 13.2. The molecule has 0 aliphatic carbocycles. The lowest BCUT2D eigenvalue weighted by atomic mass is 10.1. The van der Waals surface area contributed by atoms with Crippen LogP contribution < -0.4 is 11.0 Å². The molecule has 6 heteroatoms. The SMILES string of the molecule is O=C(c1ccc2[nH]c(=O)[nH]c2c1)N1CCCNCC1. The molecule has 19 heavy (non-hydrogen) atoms. The van der Waals surface area contributed by atoms with Crippen LogP contribution in [-0.4, -0.2) is 47.0 Å². The first-order chi connectivity index (χ1) is 9.24. The summed E-state index contributed by atoms with van der Waals surface area (Å²) >= 11 is 0. The van der Waals surface area contributed by atoms with E-state index in [1.54, 1.807) is 18.2 Å². The van der Waals surface area contributed by atoms with Crippen molar-refractivity contribution in [3.05, 3.63) is 34.2 Å². The lowest BCUT2D eigenvalue weighted by Crippen LogP contribution is -2.34. The van der Waals surface area contributed by atoms with Gasteiger partial charge in [0.05, 0.1) is 11.0 Å². The quantitative estimate of drug-likeness (QED) is 0.689. The molecular formula is C13H16N4O2. The highest BCUT2D eigenvalue weighted by atomic mass is 16.2. The number of benzene rings is 1. The molecule has 1 aromatic carbocycles. The van der Waals surface area contributed by atoms with E-state index in [0.717, 1.165) is 38.1 Å². The fourth-order valence-electron chi connectivity index (χ4n) is 2.40. The van der Waals surface area contributed by atoms with E-state index >= 15 is 0 Å². The molecule has 0 atom stereocenters. The van der Waals surface area contributed by atoms with Crippen LogP contribution in [-0.2, 0) is 0 Å². The number of rotatable bonds is 1. The molecule has 1 aromatic heterocycles. The fraction of sp³-hybridized carbons (Fsp3) is 0.385. The molecule has 2 heterocycles. The first kappa shape index (κ1) is 12.0. The van der Waals surface area contributed by atoms with Gasteiger partial charge < -0.3 is 20.2 Å². The Labute approximate surface area is 109 Å². The number of carbonyl (C=O) groups excluding carboxylic acids is 1. The molecule has 0 bridgehead atoms. The molecule has 6 nitrogen and oxygen atoms in total. The van der Waals surface area contributed by atoms with E-state index in [1.165, 1.54) is 0 Å². The van der Waals surface area contributed by atoms with Crippen molar-refractivity contribution >= 4 is 16.9 Å². The van der Waals surface area contributed by atoms with Crippen molar-refractivity contribution in [2.75, 3.05) is 26.2 Å². The minimum atomic E-state index is -0.251. The van der Waals surface area contributed by atoms with Crippen molar-refractivity contribution in [2.24, 2.45) is 0 Å². The van der Waals surface area contributed by atoms with E-state index in [-0.39, 0.29) is 11.6 Å². The Balaban J connectivity index is 1.89. The molecule has 0 saturated carbocycles. The predicted molar refractivity (Wildman–Crippen MR) is 72.3 cm³/mol. The van der Waals surface area contributed by atoms with Gasteiger partial charge in [-0.25, -0.2) is 4.79 Å². The molecule has 3 rings (SSSR count). The number of hydrogen-bond donors (Lipinski definition) is 3. The Morgan fingerprint density at radius 3 is 2.84 bits per heavy atom. The molecule has 1 saturated heterocycles. The van der Waals surface area contributed by atoms with E-state index < -0.39 is 0 Å². The van der Waals surface area contributed by atoms with Crippen LogP contribution in [0.3, 0.4) is 0 Å². The van der Waals surface area contributed by atoms with Crippen LogP contribution in [0.4, 0.5) is 0 Å². The highest BCUT2D eigenvalue weighted by Crippen LogP contribution is 2.13. The summed E-state index contributed by atoms with van der Waals surface area (Å²) in [4.78, 5) is 30.8. The lowest BCUT2D eigenvalue weighted by molar-refractivity contribution is 0.0766. The van der Waals surface area contributed by atoms with Gasteiger partial charge in [0.25, 0.3) is 5.91 Å². The normalized spacial score (nSPS) is 16.5. The molecule has 1 aliphatic rings. The molecule has 0 spiro atoms. The van der Waals surface area contributed by atoms with Gasteiger partial charge in [0.1, 0.15) is 0 Å². The number of aromatic nitrogens is 2. The molecule has 3 N–H and O–H groups in total. The summed E-state index contributed by atoms with van der Waals surface area (Å²) in [5.74, 6) is 0.0210. The number of nitrogens with one attached hydrogen (secondary N) is 3. The van der Waals surface area contributed by atoms with Crippen molar-refractivity contribution in [1.82, 2.24) is 20.2 Å². The maximum atomic E-state index is 12.4. The van der Waals surface area contributed by atoms with E-state index in [1.807, 2.05) is 4.90 Å². The largest absolute Gasteiger partial charge is 0.337 e. The van der Waals surface area contributed by atoms with E-state index in [2.05, 4.69) is 15.3 Å². The molecule has 100 valence electrons. The maximum Gasteiger partial charge on any atom is 0.323 e. The maximum absolute atomic E-state index is 12.4. The second-order valence-electron chi connectivity index (χ2n) is 4.74. The van der Waals surface area contributed by atoms with Crippen molar-refractivity contribution in [1.29, 1.82) is 0 Å². The van der Waals surface area contributed by atoms with Crippen molar-refractivity contribution in [3.63, 3.8) is 0 Å². The number of carbonyl (C=O) groups is 1. The summed E-state index contributed by atoms with van der Waals surface area (Å²) in [5.41, 5.74) is 1.76. The monoisotopic (exact) mass is 260 g/mol. The fourth-order valence-corrected chi connectivity index (χ4v) is 2.40. The van der Waals surface area contributed by atoms with E-state index in [4.69, 9.17) is 0 Å². The number of amides is 1. The average Bonchev–Trinajstić information content (AvgIpc) is 2.63. The van der Waals surface area contributed by atoms with Crippen LogP contribution in [0.25, 0.3) is 11.0 Å². The molecule has 0 unspecified atom stereocenters. The van der Waals surface area contributed by atoms with Crippen LogP contribution in [0.5, 0.6) is 0 Å². The van der Waals surface area contributed by atoms with Crippen molar-refractivity contribution in [3.8, 4) is 0 Å². The molecule has 1 aliphatic heterocycles. The highest BCUT2D eigenvalue weighted by Gasteiger charge is 2.17. The summed E-state index contributed by atoms with van der Waals surface area (Å²) in [5, 5.41) is 3.27. The standard InChI is InChI=1S/C13H16N4O2/c18-12(17-6-1-4-14-5-7-17)9-2-3-10-11(8-9)16-13(19)15-10/h2-3,8,14H,1,4-7H2,(H2,15,16,19). The van der Waals surface area contributed by atoms with Crippen LogP contribution in [0.1, 0.15) is 16.8 Å². The number of H-pyrrole nitrogens is 2. The van der Waals surface area contributed by atoms with Gasteiger partial charge in [-0.3, -0.25) is 4.79 Å². The van der Waals surface area contributed by atoms with Crippen LogP contribution >= 0.6 is 0 Å². The summed E-state index contributed by atoms with van der Waals surface area (Å²) in [7, 11) is 0. The van der Waals surface area contributed by atoms with Gasteiger partial charge in [0.2, 0.25) is 0 Å². The van der Waals surface area contributed by atoms with Gasteiger partial charge in [-0.2, -0.15) is 0 Å². The molecular weight excluding hydrogens is 244 g/mol. The van der Waals surface area contributed by atoms with Crippen LogP contribution in [0.2, 0.25) is 0 Å². The molecule has 0 radical (unpaired) electrons. The minimum Gasteiger partial charge on any atom is -0.337 e. The number of imidazole rings is 1. The van der Waals surface area contributed by atoms with Crippen molar-refractivity contribution in [2.45, 2.75) is 6.42 Å². The summed E-state index contributed by atoms with van der Waals surface area (Å²) in [6, 6.07) is 5.25. The van der Waals surface area contributed by atoms with Gasteiger partial charge >= 0.3 is 5.69 Å². The van der Waals surface area contributed by atoms with E-state index in [0.29, 0.717) is 11.1 Å². The third-order valence-electron chi connectivity index (χ3n) is 3.39. The average molecular weight is 260 g/mol. The number of aromatic amines is 2. The first-order valence-corrected chi connectivity index (χ1v) is 6.46. The lowest BCUT2D eigenvalue weighted by Gasteiger charge is -2.19. The van der Waals surface area contributed by atoms with Gasteiger partial charge in [0.15, 0.2) is 0 Å². The number of fused-ring (bicyclic) bond motifs is 1. The third-order valence-corrected chi connectivity index (χ3v) is 3.39. The minimum absolute atomic E-state index is 0.0210. The Kier molecular flexibility index (Phi) is 3.08. The predicted octanol–water partition coefficient (Wildman–Crippen LogP) is 0.292. The summed E-state index contributed by atoms with van der Waals surface area (Å²) in [6.45, 7) is 3.27. The van der Waals surface area contributed by atoms with Gasteiger partial charge in [-0.15, -0.1) is 0 Å². The van der Waals surface area contributed by atoms with E-state index in [9.17, 15) is 9.59 Å². The topological polar surface area (TPSA) is 81.0 Å².